The zero-order chi connectivity index (χ0) is 22.7. The summed E-state index contributed by atoms with van der Waals surface area (Å²) in [5.41, 5.74) is 0.554. The van der Waals surface area contributed by atoms with E-state index in [1.165, 1.54) is 18.3 Å². The van der Waals surface area contributed by atoms with E-state index >= 15 is 0 Å². The molecule has 0 aliphatic heterocycles. The van der Waals surface area contributed by atoms with Crippen LogP contribution in [-0.4, -0.2) is 39.1 Å². The number of hydrogen-bond donors (Lipinski definition) is 4. The molecule has 0 bridgehead atoms. The molecule has 4 aromatic rings. The molecule has 4 N–H and O–H groups in total. The van der Waals surface area contributed by atoms with Crippen molar-refractivity contribution in [3.8, 4) is 11.4 Å². The monoisotopic (exact) mass is 441 g/mol. The third-order valence-corrected chi connectivity index (χ3v) is 4.70. The van der Waals surface area contributed by atoms with E-state index in [9.17, 15) is 18.0 Å². The zero-order valence-corrected chi connectivity index (χ0v) is 16.6. The summed E-state index contributed by atoms with van der Waals surface area (Å²) in [6, 6.07) is 11.9. The second-order valence-corrected chi connectivity index (χ2v) is 6.89. The number of imidazole rings is 1. The van der Waals surface area contributed by atoms with Crippen molar-refractivity contribution in [2.24, 2.45) is 0 Å². The highest BCUT2D eigenvalue weighted by Gasteiger charge is 2.35. The van der Waals surface area contributed by atoms with Gasteiger partial charge in [-0.3, -0.25) is 9.78 Å². The van der Waals surface area contributed by atoms with Gasteiger partial charge in [0, 0.05) is 24.0 Å². The molecule has 7 nitrogen and oxygen atoms in total. The van der Waals surface area contributed by atoms with Crippen molar-refractivity contribution >= 4 is 28.3 Å². The number of aliphatic hydroxyl groups is 1. The van der Waals surface area contributed by atoms with Crippen LogP contribution >= 0.6 is 0 Å². The van der Waals surface area contributed by atoms with Crippen molar-refractivity contribution < 1.29 is 23.1 Å². The molecule has 0 saturated carbocycles. The van der Waals surface area contributed by atoms with Crippen LogP contribution < -0.4 is 10.6 Å². The number of H-pyrrole nitrogens is 1. The Morgan fingerprint density at radius 1 is 1.09 bits per heavy atom. The lowest BCUT2D eigenvalue weighted by Gasteiger charge is -2.14. The number of nitrogens with one attached hydrogen (secondary N) is 3. The molecule has 2 heterocycles. The predicted molar refractivity (Wildman–Crippen MR) is 114 cm³/mol. The van der Waals surface area contributed by atoms with Gasteiger partial charge in [0.25, 0.3) is 5.91 Å². The van der Waals surface area contributed by atoms with Gasteiger partial charge in [-0.15, -0.1) is 0 Å². The number of pyridine rings is 1. The number of carbonyl (C=O) groups is 1. The molecular weight excluding hydrogens is 423 g/mol. The fourth-order valence-corrected chi connectivity index (χ4v) is 3.27. The number of halogens is 3. The number of aromatic nitrogens is 3. The van der Waals surface area contributed by atoms with E-state index in [4.69, 9.17) is 5.11 Å². The summed E-state index contributed by atoms with van der Waals surface area (Å²) in [7, 11) is 0. The summed E-state index contributed by atoms with van der Waals surface area (Å²) in [5, 5.41) is 14.3. The third kappa shape index (κ3) is 4.40. The van der Waals surface area contributed by atoms with Crippen molar-refractivity contribution in [3.05, 3.63) is 72.1 Å². The first-order valence-electron chi connectivity index (χ1n) is 9.63. The molecule has 164 valence electrons. The summed E-state index contributed by atoms with van der Waals surface area (Å²) < 4.78 is 41.3. The Labute approximate surface area is 180 Å². The minimum absolute atomic E-state index is 0.0114. The number of anilines is 2. The fraction of sp³-hybridized carbons (Fsp3) is 0.136. The van der Waals surface area contributed by atoms with Crippen LogP contribution in [0.3, 0.4) is 0 Å². The van der Waals surface area contributed by atoms with E-state index in [0.717, 1.165) is 6.07 Å². The summed E-state index contributed by atoms with van der Waals surface area (Å²) in [4.78, 5) is 23.9. The van der Waals surface area contributed by atoms with Gasteiger partial charge in [0.15, 0.2) is 0 Å². The number of rotatable bonds is 6. The van der Waals surface area contributed by atoms with Gasteiger partial charge in [0.05, 0.1) is 35.1 Å². The van der Waals surface area contributed by atoms with Crippen LogP contribution in [0.2, 0.25) is 0 Å². The number of fused-ring (bicyclic) bond motifs is 1. The van der Waals surface area contributed by atoms with Crippen molar-refractivity contribution in [2.45, 2.75) is 6.18 Å². The number of aliphatic hydroxyl groups excluding tert-OH is 1. The van der Waals surface area contributed by atoms with Crippen LogP contribution in [0.15, 0.2) is 60.9 Å². The van der Waals surface area contributed by atoms with Gasteiger partial charge in [0.1, 0.15) is 11.3 Å². The van der Waals surface area contributed by atoms with Gasteiger partial charge in [-0.05, 0) is 42.5 Å². The fourth-order valence-electron chi connectivity index (χ4n) is 3.27. The van der Waals surface area contributed by atoms with Gasteiger partial charge in [-0.2, -0.15) is 13.2 Å². The van der Waals surface area contributed by atoms with E-state index in [-0.39, 0.29) is 41.3 Å². The SMILES string of the molecule is O=C(Nc1cccnc1)c1cccc2[nH]c(-c3ccc(NCCO)cc3C(F)(F)F)nc12. The van der Waals surface area contributed by atoms with Gasteiger partial charge in [0.2, 0.25) is 0 Å². The Morgan fingerprint density at radius 3 is 2.66 bits per heavy atom. The Morgan fingerprint density at radius 2 is 1.94 bits per heavy atom. The van der Waals surface area contributed by atoms with E-state index in [1.54, 1.807) is 36.5 Å². The summed E-state index contributed by atoms with van der Waals surface area (Å²) in [6.07, 6.45) is -1.58. The number of carbonyl (C=O) groups excluding carboxylic acids is 1. The number of amides is 1. The van der Waals surface area contributed by atoms with Crippen molar-refractivity contribution in [1.29, 1.82) is 0 Å². The van der Waals surface area contributed by atoms with E-state index < -0.39 is 17.6 Å². The summed E-state index contributed by atoms with van der Waals surface area (Å²) in [5.74, 6) is -0.469. The number of benzene rings is 2. The van der Waals surface area contributed by atoms with Crippen LogP contribution in [0.1, 0.15) is 15.9 Å². The van der Waals surface area contributed by atoms with Gasteiger partial charge in [-0.25, -0.2) is 4.98 Å². The summed E-state index contributed by atoms with van der Waals surface area (Å²) >= 11 is 0. The Kier molecular flexibility index (Phi) is 5.78. The second kappa shape index (κ2) is 8.67. The Balaban J connectivity index is 1.75. The quantitative estimate of drug-likeness (QED) is 0.357. The molecule has 0 spiro atoms. The second-order valence-electron chi connectivity index (χ2n) is 6.89. The zero-order valence-electron chi connectivity index (χ0n) is 16.6. The Hall–Kier alpha value is -3.92. The molecule has 0 fully saturated rings. The topological polar surface area (TPSA) is 103 Å². The molecule has 10 heteroatoms. The lowest BCUT2D eigenvalue weighted by atomic mass is 10.1. The van der Waals surface area contributed by atoms with Crippen LogP contribution in [0.25, 0.3) is 22.4 Å². The predicted octanol–water partition coefficient (Wildman–Crippen LogP) is 4.30. The van der Waals surface area contributed by atoms with Crippen LogP contribution in [0.5, 0.6) is 0 Å². The van der Waals surface area contributed by atoms with E-state index in [0.29, 0.717) is 11.2 Å². The maximum absolute atomic E-state index is 13.8. The molecule has 0 aliphatic rings. The molecule has 0 unspecified atom stereocenters. The molecule has 2 aromatic heterocycles. The normalized spacial score (nSPS) is 11.5. The van der Waals surface area contributed by atoms with Crippen molar-refractivity contribution in [2.75, 3.05) is 23.8 Å². The van der Waals surface area contributed by atoms with E-state index in [2.05, 4.69) is 25.6 Å². The maximum Gasteiger partial charge on any atom is 0.417 e. The average Bonchev–Trinajstić information content (AvgIpc) is 3.22. The standard InChI is InChI=1S/C22H18F3N5O2/c23-22(24,25)17-11-13(27-9-10-31)6-7-15(17)20-29-18-5-1-4-16(19(18)30-20)21(32)28-14-3-2-8-26-12-14/h1-8,11-12,27,31H,9-10H2,(H,28,32)(H,29,30). The number of para-hydroxylation sites is 1. The number of alkyl halides is 3. The van der Waals surface area contributed by atoms with Crippen LogP contribution in [0.4, 0.5) is 24.5 Å². The highest BCUT2D eigenvalue weighted by atomic mass is 19.4. The first kappa shape index (κ1) is 21.3. The Bertz CT molecular complexity index is 1260. The van der Waals surface area contributed by atoms with Crippen LogP contribution in [0, 0.1) is 0 Å². The average molecular weight is 441 g/mol. The highest BCUT2D eigenvalue weighted by Crippen LogP contribution is 2.38. The molecule has 4 rings (SSSR count). The van der Waals surface area contributed by atoms with Gasteiger partial charge < -0.3 is 20.7 Å². The van der Waals surface area contributed by atoms with Crippen molar-refractivity contribution in [3.63, 3.8) is 0 Å². The summed E-state index contributed by atoms with van der Waals surface area (Å²) in [6.45, 7) is -0.0900. The minimum Gasteiger partial charge on any atom is -0.395 e. The molecule has 0 atom stereocenters. The molecule has 0 saturated heterocycles. The van der Waals surface area contributed by atoms with Crippen LogP contribution in [-0.2, 0) is 6.18 Å². The largest absolute Gasteiger partial charge is 0.417 e. The first-order valence-corrected chi connectivity index (χ1v) is 9.63. The minimum atomic E-state index is -4.63. The number of nitrogens with zero attached hydrogens (tertiary/aromatic N) is 2. The highest BCUT2D eigenvalue weighted by molar-refractivity contribution is 6.11. The lowest BCUT2D eigenvalue weighted by Crippen LogP contribution is -2.12. The number of hydrogen-bond acceptors (Lipinski definition) is 5. The molecule has 0 radical (unpaired) electrons. The number of aromatic amines is 1. The molecule has 2 aromatic carbocycles. The van der Waals surface area contributed by atoms with Gasteiger partial charge >= 0.3 is 6.18 Å². The van der Waals surface area contributed by atoms with Crippen molar-refractivity contribution in [1.82, 2.24) is 15.0 Å². The maximum atomic E-state index is 13.8. The van der Waals surface area contributed by atoms with Gasteiger partial charge in [-0.1, -0.05) is 6.07 Å². The smallest absolute Gasteiger partial charge is 0.395 e. The first-order chi connectivity index (χ1) is 15.4. The third-order valence-electron chi connectivity index (χ3n) is 4.70. The molecular formula is C22H18F3N5O2. The lowest BCUT2D eigenvalue weighted by molar-refractivity contribution is -0.137. The molecule has 1 amide bonds. The van der Waals surface area contributed by atoms with E-state index in [1.807, 2.05) is 0 Å². The molecule has 0 aliphatic carbocycles. The molecule has 32 heavy (non-hydrogen) atoms.